The van der Waals surface area contributed by atoms with Gasteiger partial charge in [-0.05, 0) is 50.0 Å². The number of hydrogen-bond donors (Lipinski definition) is 1. The monoisotopic (exact) mass is 333 g/mol. The van der Waals surface area contributed by atoms with Gasteiger partial charge in [0, 0.05) is 12.1 Å². The van der Waals surface area contributed by atoms with Crippen LogP contribution in [-0.4, -0.2) is 21.8 Å². The highest BCUT2D eigenvalue weighted by Gasteiger charge is 2.42. The molecule has 0 saturated heterocycles. The summed E-state index contributed by atoms with van der Waals surface area (Å²) >= 11 is 0. The molecule has 0 unspecified atom stereocenters. The van der Waals surface area contributed by atoms with E-state index in [0.717, 1.165) is 30.5 Å². The summed E-state index contributed by atoms with van der Waals surface area (Å²) in [6, 6.07) is 3.03. The molecule has 4 atom stereocenters. The maximum absolute atomic E-state index is 12.4. The van der Waals surface area contributed by atoms with Gasteiger partial charge in [-0.25, -0.2) is 0 Å². The van der Waals surface area contributed by atoms with E-state index in [1.807, 2.05) is 6.92 Å². The number of hydrogen-bond acceptors (Lipinski definition) is 5. The first-order chi connectivity index (χ1) is 11.4. The maximum atomic E-state index is 12.4. The quantitative estimate of drug-likeness (QED) is 0.656. The minimum Gasteiger partial charge on any atom is -0.349 e. The van der Waals surface area contributed by atoms with Gasteiger partial charge in [-0.2, -0.15) is 0 Å². The Balaban J connectivity index is 1.77. The van der Waals surface area contributed by atoms with Crippen molar-refractivity contribution in [3.8, 4) is 0 Å². The number of amides is 1. The lowest BCUT2D eigenvalue weighted by molar-refractivity contribution is -0.394. The molecular weight excluding hydrogens is 314 g/mol. The average molecular weight is 333 g/mol. The van der Waals surface area contributed by atoms with E-state index in [9.17, 15) is 25.0 Å². The summed E-state index contributed by atoms with van der Waals surface area (Å²) in [5, 5.41) is 24.8. The predicted molar refractivity (Wildman–Crippen MR) is 85.6 cm³/mol. The van der Waals surface area contributed by atoms with E-state index >= 15 is 0 Å². The smallest absolute Gasteiger partial charge is 0.289 e. The van der Waals surface area contributed by atoms with Crippen molar-refractivity contribution in [1.29, 1.82) is 0 Å². The minimum atomic E-state index is -0.760. The van der Waals surface area contributed by atoms with Crippen molar-refractivity contribution in [1.82, 2.24) is 5.32 Å². The molecule has 8 nitrogen and oxygen atoms in total. The van der Waals surface area contributed by atoms with Crippen molar-refractivity contribution >= 4 is 17.3 Å². The fourth-order valence-electron chi connectivity index (χ4n) is 4.27. The van der Waals surface area contributed by atoms with Crippen molar-refractivity contribution < 1.29 is 14.6 Å². The van der Waals surface area contributed by atoms with Crippen LogP contribution in [0.4, 0.5) is 11.4 Å². The van der Waals surface area contributed by atoms with Crippen molar-refractivity contribution in [2.75, 3.05) is 0 Å². The molecule has 3 rings (SSSR count). The lowest BCUT2D eigenvalue weighted by Crippen LogP contribution is -2.40. The van der Waals surface area contributed by atoms with Gasteiger partial charge in [-0.15, -0.1) is 0 Å². The molecule has 0 heterocycles. The van der Waals surface area contributed by atoms with Gasteiger partial charge >= 0.3 is 0 Å². The summed E-state index contributed by atoms with van der Waals surface area (Å²) in [6.45, 7) is 1.93. The molecule has 2 saturated carbocycles. The number of nitrogens with one attached hydrogen (secondary N) is 1. The summed E-state index contributed by atoms with van der Waals surface area (Å²) in [7, 11) is 0. The highest BCUT2D eigenvalue weighted by Crippen LogP contribution is 2.49. The molecule has 24 heavy (non-hydrogen) atoms. The molecule has 0 radical (unpaired) electrons. The number of carbonyl (C=O) groups is 1. The highest BCUT2D eigenvalue weighted by molar-refractivity contribution is 5.98. The second-order valence-corrected chi connectivity index (χ2v) is 6.82. The largest absolute Gasteiger partial charge is 0.349 e. The van der Waals surface area contributed by atoms with E-state index in [4.69, 9.17) is 0 Å². The number of rotatable bonds is 5. The number of benzene rings is 1. The number of carbonyl (C=O) groups excluding carboxylic acids is 1. The molecule has 2 bridgehead atoms. The molecule has 0 aromatic heterocycles. The molecule has 0 spiro atoms. The summed E-state index contributed by atoms with van der Waals surface area (Å²) in [4.78, 5) is 32.9. The van der Waals surface area contributed by atoms with Crippen LogP contribution >= 0.6 is 0 Å². The van der Waals surface area contributed by atoms with Gasteiger partial charge in [0.15, 0.2) is 0 Å². The standard InChI is InChI=1S/C16H19N3O5/c1-9(14-7-10-2-3-11(14)6-10)17-16(20)13-5-4-12(18(21)22)8-15(13)19(23)24/h4-5,8-11,14H,2-3,6-7H2,1H3,(H,17,20)/t9-,10-,11-,14+/m1/s1. The SMILES string of the molecule is C[C@@H](NC(=O)c1ccc([N+](=O)[O-])cc1[N+](=O)[O-])[C@@H]1C[C@@H]2CC[C@@H]1C2. The number of nitrogens with zero attached hydrogens (tertiary/aromatic N) is 2. The van der Waals surface area contributed by atoms with Crippen LogP contribution in [0.5, 0.6) is 0 Å². The fraction of sp³-hybridized carbons (Fsp3) is 0.562. The van der Waals surface area contributed by atoms with E-state index in [0.29, 0.717) is 11.8 Å². The van der Waals surface area contributed by atoms with E-state index < -0.39 is 27.1 Å². The zero-order valence-corrected chi connectivity index (χ0v) is 13.3. The zero-order valence-electron chi connectivity index (χ0n) is 13.3. The second kappa shape index (κ2) is 6.18. The van der Waals surface area contributed by atoms with Gasteiger partial charge in [0.2, 0.25) is 0 Å². The molecule has 1 aromatic rings. The van der Waals surface area contributed by atoms with Gasteiger partial charge in [-0.1, -0.05) is 6.42 Å². The van der Waals surface area contributed by atoms with E-state index in [2.05, 4.69) is 5.32 Å². The molecule has 1 aromatic carbocycles. The second-order valence-electron chi connectivity index (χ2n) is 6.82. The Hall–Kier alpha value is -2.51. The van der Waals surface area contributed by atoms with Crippen LogP contribution in [0.3, 0.4) is 0 Å². The van der Waals surface area contributed by atoms with Crippen LogP contribution in [0, 0.1) is 38.0 Å². The number of fused-ring (bicyclic) bond motifs is 2. The lowest BCUT2D eigenvalue weighted by atomic mass is 9.84. The molecule has 2 fully saturated rings. The average Bonchev–Trinajstić information content (AvgIpc) is 3.17. The highest BCUT2D eigenvalue weighted by atomic mass is 16.6. The Morgan fingerprint density at radius 1 is 1.21 bits per heavy atom. The number of nitro groups is 2. The van der Waals surface area contributed by atoms with Crippen molar-refractivity contribution in [2.45, 2.75) is 38.6 Å². The molecule has 1 N–H and O–H groups in total. The summed E-state index contributed by atoms with van der Waals surface area (Å²) in [5.74, 6) is 1.22. The Kier molecular flexibility index (Phi) is 4.21. The molecule has 2 aliphatic carbocycles. The van der Waals surface area contributed by atoms with Crippen LogP contribution in [0.25, 0.3) is 0 Å². The van der Waals surface area contributed by atoms with Gasteiger partial charge in [0.05, 0.1) is 15.9 Å². The van der Waals surface area contributed by atoms with Crippen LogP contribution in [0.15, 0.2) is 18.2 Å². The summed E-state index contributed by atoms with van der Waals surface area (Å²) in [5.41, 5.74) is -1.08. The first-order valence-electron chi connectivity index (χ1n) is 8.10. The van der Waals surface area contributed by atoms with E-state index in [1.54, 1.807) is 0 Å². The van der Waals surface area contributed by atoms with Crippen LogP contribution in [0.1, 0.15) is 43.0 Å². The molecule has 128 valence electrons. The fourth-order valence-corrected chi connectivity index (χ4v) is 4.27. The van der Waals surface area contributed by atoms with Gasteiger partial charge < -0.3 is 5.32 Å². The van der Waals surface area contributed by atoms with Gasteiger partial charge in [0.1, 0.15) is 5.56 Å². The first-order valence-corrected chi connectivity index (χ1v) is 8.10. The zero-order chi connectivity index (χ0) is 17.4. The van der Waals surface area contributed by atoms with Gasteiger partial charge in [0.25, 0.3) is 17.3 Å². The predicted octanol–water partition coefficient (Wildman–Crippen LogP) is 3.06. The van der Waals surface area contributed by atoms with Crippen LogP contribution in [-0.2, 0) is 0 Å². The Morgan fingerprint density at radius 2 is 1.96 bits per heavy atom. The maximum Gasteiger partial charge on any atom is 0.289 e. The lowest BCUT2D eigenvalue weighted by Gasteiger charge is -2.28. The summed E-state index contributed by atoms with van der Waals surface area (Å²) < 4.78 is 0. The Bertz CT molecular complexity index is 705. The summed E-state index contributed by atoms with van der Waals surface area (Å²) in [6.07, 6.45) is 4.75. The molecular formula is C16H19N3O5. The first kappa shape index (κ1) is 16.4. The molecule has 2 aliphatic rings. The Labute approximate surface area is 138 Å². The van der Waals surface area contributed by atoms with Crippen molar-refractivity contribution in [3.63, 3.8) is 0 Å². The van der Waals surface area contributed by atoms with Crippen LogP contribution < -0.4 is 5.32 Å². The Morgan fingerprint density at radius 3 is 2.50 bits per heavy atom. The van der Waals surface area contributed by atoms with Crippen molar-refractivity contribution in [3.05, 3.63) is 44.0 Å². The van der Waals surface area contributed by atoms with Crippen molar-refractivity contribution in [2.24, 2.45) is 17.8 Å². The normalized spacial score (nSPS) is 26.1. The topological polar surface area (TPSA) is 115 Å². The third-order valence-electron chi connectivity index (χ3n) is 5.43. The number of nitro benzene ring substituents is 2. The van der Waals surface area contributed by atoms with Crippen LogP contribution in [0.2, 0.25) is 0 Å². The molecule has 0 aliphatic heterocycles. The third kappa shape index (κ3) is 2.95. The van der Waals surface area contributed by atoms with E-state index in [1.165, 1.54) is 19.3 Å². The minimum absolute atomic E-state index is 0.0670. The number of non-ortho nitro benzene ring substituents is 1. The molecule has 8 heteroatoms. The van der Waals surface area contributed by atoms with Gasteiger partial charge in [-0.3, -0.25) is 25.0 Å². The van der Waals surface area contributed by atoms with E-state index in [-0.39, 0.29) is 11.6 Å². The third-order valence-corrected chi connectivity index (χ3v) is 5.43. The molecule has 1 amide bonds.